The van der Waals surface area contributed by atoms with Gasteiger partial charge >= 0.3 is 6.18 Å². The smallest absolute Gasteiger partial charge is 0.301 e. The summed E-state index contributed by atoms with van der Waals surface area (Å²) in [4.78, 5) is 21.1. The summed E-state index contributed by atoms with van der Waals surface area (Å²) in [6.45, 7) is 1.77. The summed E-state index contributed by atoms with van der Waals surface area (Å²) in [5.41, 5.74) is 0.0541. The molecule has 0 radical (unpaired) electrons. The van der Waals surface area contributed by atoms with Gasteiger partial charge in [-0.2, -0.15) is 13.2 Å². The highest BCUT2D eigenvalue weighted by Crippen LogP contribution is 2.30. The van der Waals surface area contributed by atoms with Crippen molar-refractivity contribution in [2.45, 2.75) is 13.1 Å². The molecule has 4 heterocycles. The summed E-state index contributed by atoms with van der Waals surface area (Å²) >= 11 is 1.87. The Balaban J connectivity index is 1.97. The first-order valence-corrected chi connectivity index (χ1v) is 8.16. The molecule has 4 aromatic heterocycles. The van der Waals surface area contributed by atoms with Gasteiger partial charge in [-0.25, -0.2) is 9.97 Å². The van der Waals surface area contributed by atoms with Crippen molar-refractivity contribution in [3.05, 3.63) is 62.2 Å². The third kappa shape index (κ3) is 2.51. The lowest BCUT2D eigenvalue weighted by molar-refractivity contribution is -0.137. The highest BCUT2D eigenvalue weighted by Gasteiger charge is 2.31. The summed E-state index contributed by atoms with van der Waals surface area (Å²) in [6, 6.07) is 2.24. The number of imidazole rings is 2. The van der Waals surface area contributed by atoms with E-state index in [4.69, 9.17) is 0 Å². The Morgan fingerprint density at radius 3 is 2.60 bits per heavy atom. The average molecular weight is 459 g/mol. The van der Waals surface area contributed by atoms with E-state index in [1.165, 1.54) is 21.2 Å². The first kappa shape index (κ1) is 16.1. The van der Waals surface area contributed by atoms with E-state index in [1.807, 2.05) is 22.6 Å². The number of halogens is 4. The second kappa shape index (κ2) is 5.31. The van der Waals surface area contributed by atoms with Gasteiger partial charge in [0.15, 0.2) is 5.82 Å². The largest absolute Gasteiger partial charge is 0.417 e. The minimum absolute atomic E-state index is 0.226. The molecule has 0 saturated heterocycles. The monoisotopic (exact) mass is 459 g/mol. The maximum absolute atomic E-state index is 12.9. The van der Waals surface area contributed by atoms with E-state index < -0.39 is 17.3 Å². The average Bonchev–Trinajstić information content (AvgIpc) is 3.07. The molecule has 4 rings (SSSR count). The summed E-state index contributed by atoms with van der Waals surface area (Å²) in [6.07, 6.45) is 1.40. The fourth-order valence-electron chi connectivity index (χ4n) is 2.59. The molecule has 0 amide bonds. The van der Waals surface area contributed by atoms with Crippen molar-refractivity contribution in [1.82, 2.24) is 23.3 Å². The zero-order chi connectivity index (χ0) is 17.9. The van der Waals surface area contributed by atoms with Crippen LogP contribution in [0, 0.1) is 10.6 Å². The fraction of sp³-hybridized carbons (Fsp3) is 0.133. The molecule has 0 aliphatic rings. The van der Waals surface area contributed by atoms with Gasteiger partial charge in [-0.15, -0.1) is 0 Å². The lowest BCUT2D eigenvalue weighted by Crippen LogP contribution is -2.21. The number of fused-ring (bicyclic) bond motifs is 2. The van der Waals surface area contributed by atoms with E-state index in [0.717, 1.165) is 12.3 Å². The van der Waals surface area contributed by atoms with Crippen molar-refractivity contribution in [3.8, 4) is 5.82 Å². The molecule has 0 spiro atoms. The van der Waals surface area contributed by atoms with Crippen LogP contribution in [0.4, 0.5) is 13.2 Å². The molecule has 0 saturated carbocycles. The van der Waals surface area contributed by atoms with Crippen LogP contribution < -0.4 is 5.56 Å². The van der Waals surface area contributed by atoms with Gasteiger partial charge < -0.3 is 4.40 Å². The SMILES string of the molecule is Cc1cn2ccn(-c3nc4ccc(C(F)(F)F)cn4c3I)c(=O)c2n1. The van der Waals surface area contributed by atoms with Crippen LogP contribution in [0.25, 0.3) is 17.1 Å². The summed E-state index contributed by atoms with van der Waals surface area (Å²) in [7, 11) is 0. The van der Waals surface area contributed by atoms with E-state index in [-0.39, 0.29) is 11.5 Å². The second-order valence-electron chi connectivity index (χ2n) is 5.46. The molecule has 0 bridgehead atoms. The molecular formula is C15H9F3IN5O. The Morgan fingerprint density at radius 1 is 1.12 bits per heavy atom. The van der Waals surface area contributed by atoms with Crippen molar-refractivity contribution in [1.29, 1.82) is 0 Å². The van der Waals surface area contributed by atoms with Gasteiger partial charge in [0, 0.05) is 24.8 Å². The van der Waals surface area contributed by atoms with Crippen molar-refractivity contribution in [2.75, 3.05) is 0 Å². The normalized spacial score (nSPS) is 12.4. The Hall–Kier alpha value is -2.37. The van der Waals surface area contributed by atoms with Crippen molar-refractivity contribution in [2.24, 2.45) is 0 Å². The molecule has 0 aliphatic carbocycles. The molecule has 0 N–H and O–H groups in total. The second-order valence-corrected chi connectivity index (χ2v) is 6.48. The van der Waals surface area contributed by atoms with Crippen molar-refractivity contribution < 1.29 is 13.2 Å². The number of pyridine rings is 1. The third-order valence-corrected chi connectivity index (χ3v) is 4.74. The minimum Gasteiger partial charge on any atom is -0.301 e. The molecule has 6 nitrogen and oxygen atoms in total. The van der Waals surface area contributed by atoms with Gasteiger partial charge in [0.05, 0.1) is 11.3 Å². The van der Waals surface area contributed by atoms with E-state index in [9.17, 15) is 18.0 Å². The first-order valence-electron chi connectivity index (χ1n) is 7.08. The number of aryl methyl sites for hydroxylation is 1. The Bertz CT molecular complexity index is 1190. The Morgan fingerprint density at radius 2 is 1.88 bits per heavy atom. The van der Waals surface area contributed by atoms with E-state index in [0.29, 0.717) is 15.0 Å². The number of rotatable bonds is 1. The lowest BCUT2D eigenvalue weighted by atomic mass is 10.3. The zero-order valence-electron chi connectivity index (χ0n) is 12.6. The first-order chi connectivity index (χ1) is 11.8. The molecule has 10 heteroatoms. The molecule has 128 valence electrons. The molecular weight excluding hydrogens is 450 g/mol. The van der Waals surface area contributed by atoms with Crippen LogP contribution in [0.3, 0.4) is 0 Å². The molecule has 0 fully saturated rings. The summed E-state index contributed by atoms with van der Waals surface area (Å²) in [5, 5.41) is 0. The maximum atomic E-state index is 12.9. The van der Waals surface area contributed by atoms with Gasteiger partial charge in [-0.1, -0.05) is 0 Å². The van der Waals surface area contributed by atoms with Crippen LogP contribution in [0.5, 0.6) is 0 Å². The predicted molar refractivity (Wildman–Crippen MR) is 92.0 cm³/mol. The zero-order valence-corrected chi connectivity index (χ0v) is 14.8. The van der Waals surface area contributed by atoms with Crippen molar-refractivity contribution in [3.63, 3.8) is 0 Å². The molecule has 0 aliphatic heterocycles. The van der Waals surface area contributed by atoms with Crippen LogP contribution in [0.15, 0.2) is 41.7 Å². The van der Waals surface area contributed by atoms with Crippen LogP contribution >= 0.6 is 22.6 Å². The van der Waals surface area contributed by atoms with Gasteiger partial charge in [0.25, 0.3) is 5.56 Å². The van der Waals surface area contributed by atoms with Crippen LogP contribution in [0.2, 0.25) is 0 Å². The Labute approximate surface area is 151 Å². The number of hydrogen-bond donors (Lipinski definition) is 0. The number of aromatic nitrogens is 5. The molecule has 25 heavy (non-hydrogen) atoms. The molecule has 0 unspecified atom stereocenters. The van der Waals surface area contributed by atoms with Gasteiger partial charge in [0.1, 0.15) is 9.35 Å². The topological polar surface area (TPSA) is 56.6 Å². The van der Waals surface area contributed by atoms with Crippen LogP contribution in [-0.2, 0) is 6.18 Å². The maximum Gasteiger partial charge on any atom is 0.417 e. The number of alkyl halides is 3. The van der Waals surface area contributed by atoms with E-state index in [2.05, 4.69) is 9.97 Å². The quantitative estimate of drug-likeness (QED) is 0.412. The van der Waals surface area contributed by atoms with Crippen LogP contribution in [-0.4, -0.2) is 23.3 Å². The van der Waals surface area contributed by atoms with E-state index >= 15 is 0 Å². The highest BCUT2D eigenvalue weighted by molar-refractivity contribution is 14.1. The Kier molecular flexibility index (Phi) is 3.42. The third-order valence-electron chi connectivity index (χ3n) is 3.74. The predicted octanol–water partition coefficient (Wildman–Crippen LogP) is 3.06. The van der Waals surface area contributed by atoms with Crippen molar-refractivity contribution >= 4 is 33.9 Å². The molecule has 4 aromatic rings. The van der Waals surface area contributed by atoms with Gasteiger partial charge in [0.2, 0.25) is 5.65 Å². The fourth-order valence-corrected chi connectivity index (χ4v) is 3.36. The van der Waals surface area contributed by atoms with E-state index in [1.54, 1.807) is 23.7 Å². The molecule has 0 aromatic carbocycles. The standard InChI is InChI=1S/C15H9F3IN5O/c1-8-6-22-4-5-23(14(25)13(22)20-8)12-11(19)24-7-9(15(16,17)18)2-3-10(24)21-12/h2-7H,1H3. The summed E-state index contributed by atoms with van der Waals surface area (Å²) in [5.74, 6) is 0.257. The highest BCUT2D eigenvalue weighted by atomic mass is 127. The number of nitrogens with zero attached hydrogens (tertiary/aromatic N) is 5. The van der Waals surface area contributed by atoms with Gasteiger partial charge in [-0.05, 0) is 41.6 Å². The van der Waals surface area contributed by atoms with Crippen LogP contribution in [0.1, 0.15) is 11.3 Å². The number of hydrogen-bond acceptors (Lipinski definition) is 3. The summed E-state index contributed by atoms with van der Waals surface area (Å²) < 4.78 is 43.3. The molecule has 0 atom stereocenters. The minimum atomic E-state index is -4.45. The lowest BCUT2D eigenvalue weighted by Gasteiger charge is -2.07. The van der Waals surface area contributed by atoms with Gasteiger partial charge in [-0.3, -0.25) is 13.8 Å².